The number of nitrogens with zero attached hydrogens (tertiary/aromatic N) is 1. The zero-order chi connectivity index (χ0) is 19.5. The van der Waals surface area contributed by atoms with Crippen molar-refractivity contribution in [1.82, 2.24) is 4.90 Å². The second-order valence-corrected chi connectivity index (χ2v) is 7.36. The molecule has 2 amide bonds. The highest BCUT2D eigenvalue weighted by Gasteiger charge is 2.27. The van der Waals surface area contributed by atoms with Crippen LogP contribution in [-0.4, -0.2) is 36.9 Å². The van der Waals surface area contributed by atoms with E-state index in [2.05, 4.69) is 12.2 Å². The fraction of sp³-hybridized carbons (Fsp3) is 0.636. The number of nitrogens with one attached hydrogen (secondary N) is 1. The zero-order valence-corrected chi connectivity index (χ0v) is 16.8. The van der Waals surface area contributed by atoms with Crippen LogP contribution in [0.3, 0.4) is 0 Å². The molecule has 1 heterocycles. The van der Waals surface area contributed by atoms with Crippen molar-refractivity contribution < 1.29 is 14.3 Å². The number of amides is 2. The normalized spacial score (nSPS) is 14.8. The largest absolute Gasteiger partial charge is 0.495 e. The Morgan fingerprint density at radius 3 is 2.44 bits per heavy atom. The van der Waals surface area contributed by atoms with Crippen molar-refractivity contribution in [3.8, 4) is 5.75 Å². The Morgan fingerprint density at radius 1 is 1.07 bits per heavy atom. The lowest BCUT2D eigenvalue weighted by atomic mass is 9.95. The van der Waals surface area contributed by atoms with E-state index < -0.39 is 0 Å². The molecular formula is C22H34N2O3. The molecule has 1 aromatic rings. The third-order valence-corrected chi connectivity index (χ3v) is 5.33. The third-order valence-electron chi connectivity index (χ3n) is 5.33. The van der Waals surface area contributed by atoms with Crippen LogP contribution in [0.4, 0.5) is 5.69 Å². The first-order valence-electron chi connectivity index (χ1n) is 10.4. The van der Waals surface area contributed by atoms with Crippen molar-refractivity contribution >= 4 is 17.5 Å². The molecule has 1 aliphatic rings. The number of carbonyl (C=O) groups is 2. The van der Waals surface area contributed by atoms with E-state index in [-0.39, 0.29) is 17.7 Å². The van der Waals surface area contributed by atoms with Crippen molar-refractivity contribution in [2.75, 3.05) is 25.5 Å². The Balaban J connectivity index is 1.69. The van der Waals surface area contributed by atoms with Crippen LogP contribution in [0.1, 0.15) is 64.7 Å². The van der Waals surface area contributed by atoms with Crippen molar-refractivity contribution in [2.45, 2.75) is 64.7 Å². The fourth-order valence-corrected chi connectivity index (χ4v) is 3.59. The van der Waals surface area contributed by atoms with Crippen LogP contribution in [0.5, 0.6) is 5.75 Å². The number of para-hydroxylation sites is 2. The molecule has 0 aromatic heterocycles. The van der Waals surface area contributed by atoms with Gasteiger partial charge in [0, 0.05) is 25.4 Å². The van der Waals surface area contributed by atoms with Gasteiger partial charge in [-0.1, -0.05) is 51.2 Å². The number of hydrogen-bond donors (Lipinski definition) is 1. The van der Waals surface area contributed by atoms with Gasteiger partial charge in [0.2, 0.25) is 11.8 Å². The Bertz CT molecular complexity index is 595. The summed E-state index contributed by atoms with van der Waals surface area (Å²) in [7, 11) is 1.60. The van der Waals surface area contributed by atoms with Gasteiger partial charge in [-0.2, -0.15) is 0 Å². The molecule has 1 saturated heterocycles. The molecule has 1 N–H and O–H groups in total. The number of ether oxygens (including phenoxy) is 1. The summed E-state index contributed by atoms with van der Waals surface area (Å²) in [6.07, 6.45) is 9.26. The van der Waals surface area contributed by atoms with Gasteiger partial charge in [-0.15, -0.1) is 0 Å². The van der Waals surface area contributed by atoms with E-state index in [1.165, 1.54) is 25.7 Å². The van der Waals surface area contributed by atoms with Gasteiger partial charge >= 0.3 is 0 Å². The highest BCUT2D eigenvalue weighted by Crippen LogP contribution is 2.26. The van der Waals surface area contributed by atoms with Crippen LogP contribution in [0, 0.1) is 5.92 Å². The van der Waals surface area contributed by atoms with E-state index in [0.29, 0.717) is 30.9 Å². The molecule has 0 unspecified atom stereocenters. The van der Waals surface area contributed by atoms with E-state index in [1.807, 2.05) is 29.2 Å². The maximum Gasteiger partial charge on any atom is 0.227 e. The van der Waals surface area contributed by atoms with Gasteiger partial charge in [-0.3, -0.25) is 9.59 Å². The Hall–Kier alpha value is -2.04. The number of piperidine rings is 1. The minimum absolute atomic E-state index is 0.0162. The standard InChI is InChI=1S/C22H34N2O3/c1-3-4-5-6-7-8-13-21(25)24-16-14-18(15-17-24)22(26)23-19-11-9-10-12-20(19)27-2/h9-12,18H,3-8,13-17H2,1-2H3,(H,23,26). The molecule has 5 nitrogen and oxygen atoms in total. The molecule has 27 heavy (non-hydrogen) atoms. The van der Waals surface area contributed by atoms with E-state index in [1.54, 1.807) is 7.11 Å². The molecule has 0 aliphatic carbocycles. The molecule has 5 heteroatoms. The molecule has 1 fully saturated rings. The summed E-state index contributed by atoms with van der Waals surface area (Å²) in [5.41, 5.74) is 0.701. The van der Waals surface area contributed by atoms with Crippen molar-refractivity contribution in [3.05, 3.63) is 24.3 Å². The number of hydrogen-bond acceptors (Lipinski definition) is 3. The van der Waals surface area contributed by atoms with Gasteiger partial charge in [-0.25, -0.2) is 0 Å². The molecule has 0 spiro atoms. The lowest BCUT2D eigenvalue weighted by Crippen LogP contribution is -2.41. The Morgan fingerprint density at radius 2 is 1.74 bits per heavy atom. The minimum atomic E-state index is -0.0481. The maximum absolute atomic E-state index is 12.5. The van der Waals surface area contributed by atoms with Gasteiger partial charge in [0.05, 0.1) is 12.8 Å². The predicted molar refractivity (Wildman–Crippen MR) is 109 cm³/mol. The second-order valence-electron chi connectivity index (χ2n) is 7.36. The van der Waals surface area contributed by atoms with Gasteiger partial charge in [0.1, 0.15) is 5.75 Å². The lowest BCUT2D eigenvalue weighted by molar-refractivity contribution is -0.134. The third kappa shape index (κ3) is 6.89. The smallest absolute Gasteiger partial charge is 0.227 e. The summed E-state index contributed by atoms with van der Waals surface area (Å²) in [4.78, 5) is 26.8. The summed E-state index contributed by atoms with van der Waals surface area (Å²) >= 11 is 0. The van der Waals surface area contributed by atoms with Gasteiger partial charge < -0.3 is 15.0 Å². The molecule has 0 saturated carbocycles. The van der Waals surface area contributed by atoms with Crippen LogP contribution >= 0.6 is 0 Å². The molecule has 150 valence electrons. The molecule has 1 aliphatic heterocycles. The monoisotopic (exact) mass is 374 g/mol. The molecule has 0 bridgehead atoms. The minimum Gasteiger partial charge on any atom is -0.495 e. The van der Waals surface area contributed by atoms with Gasteiger partial charge in [0.25, 0.3) is 0 Å². The molecule has 2 rings (SSSR count). The number of anilines is 1. The topological polar surface area (TPSA) is 58.6 Å². The second kappa shape index (κ2) is 11.6. The van der Waals surface area contributed by atoms with E-state index in [9.17, 15) is 9.59 Å². The summed E-state index contributed by atoms with van der Waals surface area (Å²) in [6.45, 7) is 3.57. The van der Waals surface area contributed by atoms with Crippen LogP contribution in [0.2, 0.25) is 0 Å². The zero-order valence-electron chi connectivity index (χ0n) is 16.8. The average molecular weight is 375 g/mol. The first-order chi connectivity index (χ1) is 13.2. The van der Waals surface area contributed by atoms with Crippen molar-refractivity contribution in [3.63, 3.8) is 0 Å². The van der Waals surface area contributed by atoms with Crippen molar-refractivity contribution in [1.29, 1.82) is 0 Å². The first kappa shape index (κ1) is 21.3. The number of benzene rings is 1. The van der Waals surface area contributed by atoms with E-state index in [4.69, 9.17) is 4.74 Å². The van der Waals surface area contributed by atoms with Crippen LogP contribution in [-0.2, 0) is 9.59 Å². The quantitative estimate of drug-likeness (QED) is 0.608. The fourth-order valence-electron chi connectivity index (χ4n) is 3.59. The summed E-state index contributed by atoms with van der Waals surface area (Å²) in [6, 6.07) is 7.43. The Kier molecular flexibility index (Phi) is 9.16. The Labute approximate surface area is 163 Å². The molecule has 1 aromatic carbocycles. The van der Waals surface area contributed by atoms with E-state index >= 15 is 0 Å². The first-order valence-corrected chi connectivity index (χ1v) is 10.4. The van der Waals surface area contributed by atoms with Crippen LogP contribution < -0.4 is 10.1 Å². The van der Waals surface area contributed by atoms with Gasteiger partial charge in [0.15, 0.2) is 0 Å². The van der Waals surface area contributed by atoms with Crippen LogP contribution in [0.15, 0.2) is 24.3 Å². The molecular weight excluding hydrogens is 340 g/mol. The maximum atomic E-state index is 12.5. The lowest BCUT2D eigenvalue weighted by Gasteiger charge is -2.31. The number of likely N-dealkylation sites (tertiary alicyclic amines) is 1. The summed E-state index contributed by atoms with van der Waals surface area (Å²) in [5, 5.41) is 2.97. The molecule has 0 radical (unpaired) electrons. The number of methoxy groups -OCH3 is 1. The van der Waals surface area contributed by atoms with Gasteiger partial charge in [-0.05, 0) is 31.4 Å². The number of carbonyl (C=O) groups excluding carboxylic acids is 2. The van der Waals surface area contributed by atoms with E-state index in [0.717, 1.165) is 25.7 Å². The average Bonchev–Trinajstić information content (AvgIpc) is 2.71. The number of unbranched alkanes of at least 4 members (excludes halogenated alkanes) is 5. The summed E-state index contributed by atoms with van der Waals surface area (Å²) in [5.74, 6) is 0.877. The predicted octanol–water partition coefficient (Wildman–Crippen LogP) is 4.62. The van der Waals surface area contributed by atoms with Crippen LogP contribution in [0.25, 0.3) is 0 Å². The number of rotatable bonds is 10. The summed E-state index contributed by atoms with van der Waals surface area (Å²) < 4.78 is 5.28. The van der Waals surface area contributed by atoms with Crippen molar-refractivity contribution in [2.24, 2.45) is 5.92 Å². The highest BCUT2D eigenvalue weighted by molar-refractivity contribution is 5.94. The highest BCUT2D eigenvalue weighted by atomic mass is 16.5. The molecule has 0 atom stereocenters. The SMILES string of the molecule is CCCCCCCCC(=O)N1CCC(C(=O)Nc2ccccc2OC)CC1.